The Morgan fingerprint density at radius 2 is 1.90 bits per heavy atom. The molecule has 0 saturated carbocycles. The number of aliphatic hydroxyl groups is 1. The third kappa shape index (κ3) is 6.23. The summed E-state index contributed by atoms with van der Waals surface area (Å²) in [5.41, 5.74) is 1.26. The number of nitrogens with zero attached hydrogens (tertiary/aromatic N) is 1. The maximum Gasteiger partial charge on any atom is 0.0558 e. The average molecular weight is 299 g/mol. The smallest absolute Gasteiger partial charge is 0.0558 e. The van der Waals surface area contributed by atoms with Gasteiger partial charge in [-0.25, -0.2) is 0 Å². The number of hydrogen-bond donors (Lipinski definition) is 2. The lowest BCUT2D eigenvalue weighted by Gasteiger charge is -2.24. The van der Waals surface area contributed by atoms with E-state index >= 15 is 0 Å². The first-order valence-electron chi connectivity index (χ1n) is 7.47. The monoisotopic (exact) mass is 298 g/mol. The van der Waals surface area contributed by atoms with Crippen LogP contribution < -0.4 is 5.32 Å². The number of hydrogen-bond acceptors (Lipinski definition) is 3. The maximum absolute atomic E-state index is 9.13. The van der Waals surface area contributed by atoms with Crippen molar-refractivity contribution in [3.63, 3.8) is 0 Å². The van der Waals surface area contributed by atoms with Gasteiger partial charge in [-0.1, -0.05) is 37.1 Å². The Morgan fingerprint density at radius 1 is 1.20 bits per heavy atom. The second kappa shape index (κ2) is 10.2. The molecule has 114 valence electrons. The molecular weight excluding hydrogens is 272 g/mol. The Morgan fingerprint density at radius 3 is 2.45 bits per heavy atom. The van der Waals surface area contributed by atoms with Crippen LogP contribution in [0.15, 0.2) is 24.3 Å². The van der Waals surface area contributed by atoms with Crippen LogP contribution in [0.2, 0.25) is 5.02 Å². The summed E-state index contributed by atoms with van der Waals surface area (Å²) in [7, 11) is 1.99. The summed E-state index contributed by atoms with van der Waals surface area (Å²) in [4.78, 5) is 2.34. The molecule has 3 nitrogen and oxygen atoms in total. The van der Waals surface area contributed by atoms with Crippen molar-refractivity contribution in [3.8, 4) is 0 Å². The predicted molar refractivity (Wildman–Crippen MR) is 86.3 cm³/mol. The Kier molecular flexibility index (Phi) is 8.86. The van der Waals surface area contributed by atoms with Crippen molar-refractivity contribution in [1.82, 2.24) is 10.2 Å². The Labute approximate surface area is 127 Å². The van der Waals surface area contributed by atoms with Gasteiger partial charge < -0.3 is 15.3 Å². The Bertz CT molecular complexity index is 356. The Hall–Kier alpha value is -0.610. The van der Waals surface area contributed by atoms with Crippen LogP contribution >= 0.6 is 11.6 Å². The highest BCUT2D eigenvalue weighted by Gasteiger charge is 2.11. The number of aliphatic hydroxyl groups excluding tert-OH is 1. The largest absolute Gasteiger partial charge is 0.395 e. The zero-order valence-electron chi connectivity index (χ0n) is 12.6. The molecule has 1 rings (SSSR count). The summed E-state index contributed by atoms with van der Waals surface area (Å²) in [6.45, 7) is 5.25. The van der Waals surface area contributed by atoms with Gasteiger partial charge in [-0.05, 0) is 44.1 Å². The van der Waals surface area contributed by atoms with E-state index in [9.17, 15) is 0 Å². The van der Waals surface area contributed by atoms with Gasteiger partial charge in [-0.2, -0.15) is 0 Å². The van der Waals surface area contributed by atoms with Crippen molar-refractivity contribution < 1.29 is 5.11 Å². The van der Waals surface area contributed by atoms with Crippen LogP contribution in [0.4, 0.5) is 0 Å². The highest BCUT2D eigenvalue weighted by Crippen LogP contribution is 2.19. The minimum Gasteiger partial charge on any atom is -0.395 e. The van der Waals surface area contributed by atoms with E-state index in [1.165, 1.54) is 18.4 Å². The molecule has 1 aromatic rings. The van der Waals surface area contributed by atoms with Gasteiger partial charge in [0.05, 0.1) is 6.61 Å². The van der Waals surface area contributed by atoms with Gasteiger partial charge in [0.1, 0.15) is 0 Å². The van der Waals surface area contributed by atoms with Crippen molar-refractivity contribution in [2.75, 3.05) is 33.3 Å². The second-order valence-corrected chi connectivity index (χ2v) is 5.54. The molecule has 0 bridgehead atoms. The SMILES string of the molecule is CCCCN(CCO)CCC(NC)c1ccc(Cl)cc1. The van der Waals surface area contributed by atoms with Gasteiger partial charge in [0.25, 0.3) is 0 Å². The molecular formula is C16H27ClN2O. The summed E-state index contributed by atoms with van der Waals surface area (Å²) >= 11 is 5.93. The molecule has 0 aromatic heterocycles. The van der Waals surface area contributed by atoms with E-state index in [4.69, 9.17) is 16.7 Å². The maximum atomic E-state index is 9.13. The van der Waals surface area contributed by atoms with Crippen LogP contribution in [0.5, 0.6) is 0 Å². The van der Waals surface area contributed by atoms with Gasteiger partial charge in [-0.15, -0.1) is 0 Å². The van der Waals surface area contributed by atoms with Crippen LogP contribution in [-0.4, -0.2) is 43.3 Å². The van der Waals surface area contributed by atoms with Crippen molar-refractivity contribution in [2.24, 2.45) is 0 Å². The molecule has 0 aliphatic heterocycles. The van der Waals surface area contributed by atoms with E-state index in [0.717, 1.165) is 31.1 Å². The lowest BCUT2D eigenvalue weighted by atomic mass is 10.0. The predicted octanol–water partition coefficient (Wildman–Crippen LogP) is 3.09. The molecule has 0 fully saturated rings. The van der Waals surface area contributed by atoms with E-state index in [0.29, 0.717) is 6.04 Å². The number of rotatable bonds is 10. The molecule has 0 aliphatic carbocycles. The fraction of sp³-hybridized carbons (Fsp3) is 0.625. The first-order chi connectivity index (χ1) is 9.71. The minimum atomic E-state index is 0.231. The molecule has 0 heterocycles. The molecule has 2 N–H and O–H groups in total. The zero-order chi connectivity index (χ0) is 14.8. The van der Waals surface area contributed by atoms with Crippen molar-refractivity contribution in [3.05, 3.63) is 34.9 Å². The van der Waals surface area contributed by atoms with Crippen LogP contribution in [0.1, 0.15) is 37.8 Å². The fourth-order valence-electron chi connectivity index (χ4n) is 2.34. The Balaban J connectivity index is 2.51. The minimum absolute atomic E-state index is 0.231. The number of benzene rings is 1. The molecule has 0 amide bonds. The molecule has 1 aromatic carbocycles. The molecule has 1 unspecified atom stereocenters. The third-order valence-electron chi connectivity index (χ3n) is 3.60. The van der Waals surface area contributed by atoms with Crippen LogP contribution in [-0.2, 0) is 0 Å². The number of halogens is 1. The summed E-state index contributed by atoms with van der Waals surface area (Å²) in [6.07, 6.45) is 3.40. The highest BCUT2D eigenvalue weighted by atomic mass is 35.5. The molecule has 0 radical (unpaired) electrons. The van der Waals surface area contributed by atoms with E-state index in [-0.39, 0.29) is 6.61 Å². The standard InChI is InChI=1S/C16H27ClN2O/c1-3-4-10-19(12-13-20)11-9-16(18-2)14-5-7-15(17)8-6-14/h5-8,16,18,20H,3-4,9-13H2,1-2H3. The van der Waals surface area contributed by atoms with E-state index in [1.54, 1.807) is 0 Å². The van der Waals surface area contributed by atoms with Gasteiger partial charge in [0.2, 0.25) is 0 Å². The zero-order valence-corrected chi connectivity index (χ0v) is 13.4. The van der Waals surface area contributed by atoms with Gasteiger partial charge in [0, 0.05) is 24.2 Å². The van der Waals surface area contributed by atoms with Crippen molar-refractivity contribution in [1.29, 1.82) is 0 Å². The average Bonchev–Trinajstić information content (AvgIpc) is 2.47. The van der Waals surface area contributed by atoms with E-state index in [1.807, 2.05) is 19.2 Å². The van der Waals surface area contributed by atoms with Crippen molar-refractivity contribution >= 4 is 11.6 Å². The summed E-state index contributed by atoms with van der Waals surface area (Å²) in [6, 6.07) is 8.35. The first-order valence-corrected chi connectivity index (χ1v) is 7.85. The lowest BCUT2D eigenvalue weighted by molar-refractivity contribution is 0.188. The fourth-order valence-corrected chi connectivity index (χ4v) is 2.47. The normalized spacial score (nSPS) is 12.8. The molecule has 20 heavy (non-hydrogen) atoms. The lowest BCUT2D eigenvalue weighted by Crippen LogP contribution is -2.31. The quantitative estimate of drug-likeness (QED) is 0.697. The first kappa shape index (κ1) is 17.4. The number of nitrogens with one attached hydrogen (secondary N) is 1. The summed E-state index contributed by atoms with van der Waals surface area (Å²) in [5, 5.41) is 13.3. The van der Waals surface area contributed by atoms with Gasteiger partial charge in [0.15, 0.2) is 0 Å². The van der Waals surface area contributed by atoms with Crippen LogP contribution in [0.3, 0.4) is 0 Å². The topological polar surface area (TPSA) is 35.5 Å². The molecule has 0 spiro atoms. The summed E-state index contributed by atoms with van der Waals surface area (Å²) < 4.78 is 0. The van der Waals surface area contributed by atoms with Gasteiger partial charge in [-0.3, -0.25) is 0 Å². The third-order valence-corrected chi connectivity index (χ3v) is 3.85. The van der Waals surface area contributed by atoms with Crippen molar-refractivity contribution in [2.45, 2.75) is 32.2 Å². The van der Waals surface area contributed by atoms with Crippen LogP contribution in [0, 0.1) is 0 Å². The number of unbranched alkanes of at least 4 members (excludes halogenated alkanes) is 1. The second-order valence-electron chi connectivity index (χ2n) is 5.10. The van der Waals surface area contributed by atoms with E-state index < -0.39 is 0 Å². The molecule has 0 aliphatic rings. The highest BCUT2D eigenvalue weighted by molar-refractivity contribution is 6.30. The van der Waals surface area contributed by atoms with Gasteiger partial charge >= 0.3 is 0 Å². The molecule has 4 heteroatoms. The molecule has 0 saturated heterocycles. The summed E-state index contributed by atoms with van der Waals surface area (Å²) in [5.74, 6) is 0. The van der Waals surface area contributed by atoms with Crippen LogP contribution in [0.25, 0.3) is 0 Å². The van der Waals surface area contributed by atoms with E-state index in [2.05, 4.69) is 29.3 Å². The molecule has 1 atom stereocenters.